The molecule has 2 unspecified atom stereocenters. The molecule has 29 heavy (non-hydrogen) atoms. The number of rotatable bonds is 7. The summed E-state index contributed by atoms with van der Waals surface area (Å²) in [5, 5.41) is 0. The van der Waals surface area contributed by atoms with Crippen LogP contribution in [0.5, 0.6) is 0 Å². The largest absolute Gasteiger partial charge is 0.376 e. The van der Waals surface area contributed by atoms with Crippen LogP contribution in [0.3, 0.4) is 0 Å². The van der Waals surface area contributed by atoms with Gasteiger partial charge in [0.05, 0.1) is 24.7 Å². The minimum absolute atomic E-state index is 0.0270. The highest BCUT2D eigenvalue weighted by molar-refractivity contribution is 7.53. The van der Waals surface area contributed by atoms with Crippen LogP contribution in [0.25, 0.3) is 11.2 Å². The van der Waals surface area contributed by atoms with Crippen molar-refractivity contribution in [2.45, 2.75) is 64.1 Å². The van der Waals surface area contributed by atoms with Crippen molar-refractivity contribution in [2.75, 3.05) is 12.3 Å². The van der Waals surface area contributed by atoms with Gasteiger partial charge in [-0.05, 0) is 13.8 Å². The lowest BCUT2D eigenvalue weighted by Gasteiger charge is -2.25. The molecule has 162 valence electrons. The molecule has 11 nitrogen and oxygen atoms in total. The molecule has 0 bridgehead atoms. The van der Waals surface area contributed by atoms with Gasteiger partial charge in [-0.2, -0.15) is 4.98 Å². The fourth-order valence-corrected chi connectivity index (χ4v) is 3.73. The van der Waals surface area contributed by atoms with Gasteiger partial charge in [-0.25, -0.2) is 9.37 Å². The van der Waals surface area contributed by atoms with Gasteiger partial charge in [-0.1, -0.05) is 13.8 Å². The number of nitrogens with one attached hydrogen (secondary N) is 1. The number of H-pyrrole nitrogens is 1. The van der Waals surface area contributed by atoms with Gasteiger partial charge in [-0.3, -0.25) is 23.4 Å². The smallest absolute Gasteiger partial charge is 0.331 e. The molecular weight excluding hydrogens is 408 g/mol. The predicted molar refractivity (Wildman–Crippen MR) is 102 cm³/mol. The van der Waals surface area contributed by atoms with Crippen LogP contribution in [0.2, 0.25) is 0 Å². The van der Waals surface area contributed by atoms with E-state index in [1.807, 2.05) is 0 Å². The summed E-state index contributed by atoms with van der Waals surface area (Å²) >= 11 is 0. The lowest BCUT2D eigenvalue weighted by Crippen LogP contribution is -2.35. The Bertz CT molecular complexity index is 978. The molecule has 2 aromatic rings. The van der Waals surface area contributed by atoms with E-state index in [1.165, 1.54) is 24.7 Å². The number of fused-ring (bicyclic) bond motifs is 1. The first-order chi connectivity index (χ1) is 13.5. The van der Waals surface area contributed by atoms with E-state index >= 15 is 4.39 Å². The third-order valence-electron chi connectivity index (χ3n) is 4.51. The SMILES string of the molecule is CC(C)OC[C@H]1O[C@@H](n2cnc3c(=O)[nH]c(N)nc32)C(F)[C@H]1OP(=O)(O)C(C)C. The van der Waals surface area contributed by atoms with Crippen LogP contribution in [0.15, 0.2) is 11.1 Å². The number of aromatic nitrogens is 4. The van der Waals surface area contributed by atoms with Crippen molar-refractivity contribution < 1.29 is 27.8 Å². The van der Waals surface area contributed by atoms with Gasteiger partial charge in [0, 0.05) is 0 Å². The molecule has 2 aromatic heterocycles. The summed E-state index contributed by atoms with van der Waals surface area (Å²) in [6, 6.07) is 0. The van der Waals surface area contributed by atoms with Crippen LogP contribution in [-0.2, 0) is 18.6 Å². The van der Waals surface area contributed by atoms with Gasteiger partial charge in [0.1, 0.15) is 12.2 Å². The summed E-state index contributed by atoms with van der Waals surface area (Å²) in [6.45, 7) is 6.54. The summed E-state index contributed by atoms with van der Waals surface area (Å²) in [7, 11) is -4.09. The topological polar surface area (TPSA) is 155 Å². The van der Waals surface area contributed by atoms with Crippen molar-refractivity contribution in [3.8, 4) is 0 Å². The Morgan fingerprint density at radius 2 is 2.14 bits per heavy atom. The number of alkyl halides is 1. The number of nitrogens with zero attached hydrogens (tertiary/aromatic N) is 3. The van der Waals surface area contributed by atoms with Crippen LogP contribution in [-0.4, -0.2) is 61.2 Å². The highest BCUT2D eigenvalue weighted by atomic mass is 31.2. The van der Waals surface area contributed by atoms with E-state index in [9.17, 15) is 14.3 Å². The van der Waals surface area contributed by atoms with Gasteiger partial charge in [0.2, 0.25) is 5.95 Å². The number of nitrogen functional groups attached to an aromatic ring is 1. The normalized spacial score (nSPS) is 27.2. The minimum Gasteiger partial charge on any atom is -0.376 e. The zero-order valence-electron chi connectivity index (χ0n) is 16.5. The van der Waals surface area contributed by atoms with Gasteiger partial charge >= 0.3 is 7.60 Å². The summed E-state index contributed by atoms with van der Waals surface area (Å²) < 4.78 is 45.5. The minimum atomic E-state index is -4.09. The first-order valence-electron chi connectivity index (χ1n) is 9.15. The zero-order valence-corrected chi connectivity index (χ0v) is 17.4. The Hall–Kier alpha value is -1.85. The van der Waals surface area contributed by atoms with Gasteiger partial charge in [-0.15, -0.1) is 0 Å². The monoisotopic (exact) mass is 433 g/mol. The number of nitrogens with two attached hydrogens (primary N) is 1. The van der Waals surface area contributed by atoms with Crippen LogP contribution in [0.1, 0.15) is 33.9 Å². The molecule has 0 radical (unpaired) electrons. The quantitative estimate of drug-likeness (QED) is 0.549. The standard InChI is InChI=1S/C16H25FN5O6P/c1-7(2)26-5-9-12(28-29(24,25)8(3)4)10(17)15(27-9)22-6-19-11-13(22)20-16(18)21-14(11)23/h6-10,12,15H,5H2,1-4H3,(H,24,25)(H3,18,20,21,23)/t9-,10?,12+,15-/m1/s1. The lowest BCUT2D eigenvalue weighted by atomic mass is 10.1. The fourth-order valence-electron chi connectivity index (χ4n) is 2.89. The summed E-state index contributed by atoms with van der Waals surface area (Å²) in [4.78, 5) is 32.3. The molecule has 0 amide bonds. The Balaban J connectivity index is 1.96. The van der Waals surface area contributed by atoms with E-state index in [1.54, 1.807) is 13.8 Å². The number of anilines is 1. The van der Waals surface area contributed by atoms with Crippen LogP contribution < -0.4 is 11.3 Å². The molecular formula is C16H25FN5O6P. The average molecular weight is 433 g/mol. The maximum atomic E-state index is 15.4. The number of hydrogen-bond acceptors (Lipinski definition) is 8. The molecule has 0 saturated carbocycles. The average Bonchev–Trinajstić information content (AvgIpc) is 3.15. The van der Waals surface area contributed by atoms with Gasteiger partial charge in [0.15, 0.2) is 23.6 Å². The number of ether oxygens (including phenoxy) is 2. The van der Waals surface area contributed by atoms with E-state index in [2.05, 4.69) is 15.0 Å². The van der Waals surface area contributed by atoms with Gasteiger partial charge < -0.3 is 20.1 Å². The van der Waals surface area contributed by atoms with Crippen molar-refractivity contribution in [2.24, 2.45) is 0 Å². The van der Waals surface area contributed by atoms with E-state index in [4.69, 9.17) is 19.7 Å². The van der Waals surface area contributed by atoms with Crippen LogP contribution in [0.4, 0.5) is 10.3 Å². The second kappa shape index (κ2) is 8.11. The van der Waals surface area contributed by atoms with E-state index in [0.717, 1.165) is 0 Å². The van der Waals surface area contributed by atoms with Crippen molar-refractivity contribution in [1.82, 2.24) is 19.5 Å². The van der Waals surface area contributed by atoms with Crippen molar-refractivity contribution in [3.05, 3.63) is 16.7 Å². The Morgan fingerprint density at radius 3 is 2.76 bits per heavy atom. The molecule has 4 N–H and O–H groups in total. The molecule has 1 aliphatic rings. The molecule has 1 fully saturated rings. The highest BCUT2D eigenvalue weighted by Crippen LogP contribution is 2.51. The fraction of sp³-hybridized carbons (Fsp3) is 0.688. The van der Waals surface area contributed by atoms with Crippen molar-refractivity contribution >= 4 is 24.7 Å². The Kier molecular flexibility index (Phi) is 6.11. The third kappa shape index (κ3) is 4.36. The summed E-state index contributed by atoms with van der Waals surface area (Å²) in [6.07, 6.45) is -4.45. The zero-order chi connectivity index (χ0) is 21.5. The van der Waals surface area contributed by atoms with E-state index < -0.39 is 43.4 Å². The molecule has 13 heteroatoms. The van der Waals surface area contributed by atoms with E-state index in [0.29, 0.717) is 0 Å². The number of imidazole rings is 1. The molecule has 3 heterocycles. The number of aromatic amines is 1. The first-order valence-corrected chi connectivity index (χ1v) is 10.8. The molecule has 0 aliphatic carbocycles. The molecule has 3 rings (SSSR count). The van der Waals surface area contributed by atoms with Crippen molar-refractivity contribution in [1.29, 1.82) is 0 Å². The summed E-state index contributed by atoms with van der Waals surface area (Å²) in [5.41, 5.74) is 4.27. The van der Waals surface area contributed by atoms with Crippen molar-refractivity contribution in [3.63, 3.8) is 0 Å². The maximum Gasteiger partial charge on any atom is 0.331 e. The maximum absolute atomic E-state index is 15.4. The number of hydrogen-bond donors (Lipinski definition) is 3. The second-order valence-electron chi connectivity index (χ2n) is 7.39. The Morgan fingerprint density at radius 1 is 1.45 bits per heavy atom. The van der Waals surface area contributed by atoms with Gasteiger partial charge in [0.25, 0.3) is 5.56 Å². The lowest BCUT2D eigenvalue weighted by molar-refractivity contribution is -0.0720. The third-order valence-corrected chi connectivity index (χ3v) is 6.36. The number of halogens is 1. The Labute approximate surface area is 165 Å². The first kappa shape index (κ1) is 21.8. The van der Waals surface area contributed by atoms with Crippen LogP contribution >= 0.6 is 7.60 Å². The molecule has 1 saturated heterocycles. The van der Waals surface area contributed by atoms with Crippen LogP contribution in [0, 0.1) is 0 Å². The molecule has 1 aliphatic heterocycles. The predicted octanol–water partition coefficient (Wildman–Crippen LogP) is 1.34. The molecule has 0 spiro atoms. The second-order valence-corrected chi connectivity index (χ2v) is 9.77. The van der Waals surface area contributed by atoms with E-state index in [-0.39, 0.29) is 29.8 Å². The molecule has 5 atom stereocenters. The highest BCUT2D eigenvalue weighted by Gasteiger charge is 2.50. The summed E-state index contributed by atoms with van der Waals surface area (Å²) in [5.74, 6) is -0.162. The molecule has 0 aromatic carbocycles.